The molecule has 72 valence electrons. The van der Waals surface area contributed by atoms with Crippen LogP contribution in [0.1, 0.15) is 13.3 Å². The maximum Gasteiger partial charge on any atom is 0.319 e. The van der Waals surface area contributed by atoms with Gasteiger partial charge in [-0.3, -0.25) is 0 Å². The van der Waals surface area contributed by atoms with Gasteiger partial charge in [0.2, 0.25) is 0 Å². The minimum absolute atomic E-state index is 0.184. The molecular weight excluding hydrogens is 208 g/mol. The molecular formula is C8H11ClN2OS. The fourth-order valence-electron chi connectivity index (χ4n) is 0.789. The number of amides is 2. The molecule has 0 atom stereocenters. The summed E-state index contributed by atoms with van der Waals surface area (Å²) in [6.45, 7) is 2.69. The summed E-state index contributed by atoms with van der Waals surface area (Å²) in [5, 5.41) is 7.17. The summed E-state index contributed by atoms with van der Waals surface area (Å²) in [4.78, 5) is 11.1. The van der Waals surface area contributed by atoms with E-state index in [2.05, 4.69) is 10.6 Å². The lowest BCUT2D eigenvalue weighted by molar-refractivity contribution is 0.252. The minimum atomic E-state index is -0.184. The second-order valence-electron chi connectivity index (χ2n) is 2.52. The second-order valence-corrected chi connectivity index (χ2v) is 4.06. The molecule has 0 fully saturated rings. The van der Waals surface area contributed by atoms with Gasteiger partial charge < -0.3 is 10.6 Å². The Balaban J connectivity index is 2.36. The molecule has 5 heteroatoms. The van der Waals surface area contributed by atoms with Crippen LogP contribution in [0.4, 0.5) is 10.5 Å². The van der Waals surface area contributed by atoms with Crippen molar-refractivity contribution >= 4 is 34.7 Å². The number of carbonyl (C=O) groups is 1. The largest absolute Gasteiger partial charge is 0.338 e. The van der Waals surface area contributed by atoms with Gasteiger partial charge in [0, 0.05) is 11.9 Å². The Morgan fingerprint density at radius 1 is 1.69 bits per heavy atom. The van der Waals surface area contributed by atoms with Crippen LogP contribution in [0.15, 0.2) is 11.4 Å². The van der Waals surface area contributed by atoms with E-state index in [1.54, 1.807) is 11.4 Å². The van der Waals surface area contributed by atoms with Crippen molar-refractivity contribution in [3.63, 3.8) is 0 Å². The molecule has 1 heterocycles. The third-order valence-electron chi connectivity index (χ3n) is 1.36. The molecule has 3 nitrogen and oxygen atoms in total. The first-order valence-corrected chi connectivity index (χ1v) is 5.27. The minimum Gasteiger partial charge on any atom is -0.338 e. The van der Waals surface area contributed by atoms with Crippen LogP contribution in [0, 0.1) is 0 Å². The van der Waals surface area contributed by atoms with Crippen molar-refractivity contribution < 1.29 is 4.79 Å². The molecule has 0 unspecified atom stereocenters. The Hall–Kier alpha value is -0.740. The van der Waals surface area contributed by atoms with Crippen LogP contribution in [0.3, 0.4) is 0 Å². The summed E-state index contributed by atoms with van der Waals surface area (Å²) in [6, 6.07) is 1.54. The third-order valence-corrected chi connectivity index (χ3v) is 2.45. The highest BCUT2D eigenvalue weighted by Crippen LogP contribution is 2.23. The zero-order valence-electron chi connectivity index (χ0n) is 7.26. The van der Waals surface area contributed by atoms with Crippen LogP contribution in [0.25, 0.3) is 0 Å². The Morgan fingerprint density at radius 3 is 3.00 bits per heavy atom. The van der Waals surface area contributed by atoms with E-state index in [4.69, 9.17) is 11.6 Å². The van der Waals surface area contributed by atoms with Gasteiger partial charge in [-0.1, -0.05) is 18.5 Å². The SMILES string of the molecule is CCCNC(=O)Nc1csc(Cl)c1. The average molecular weight is 219 g/mol. The highest BCUT2D eigenvalue weighted by molar-refractivity contribution is 7.14. The summed E-state index contributed by atoms with van der Waals surface area (Å²) in [5.74, 6) is 0. The first-order chi connectivity index (χ1) is 6.22. The zero-order chi connectivity index (χ0) is 9.68. The van der Waals surface area contributed by atoms with Crippen molar-refractivity contribution in [3.8, 4) is 0 Å². The van der Waals surface area contributed by atoms with Gasteiger partial charge in [0.25, 0.3) is 0 Å². The fraction of sp³-hybridized carbons (Fsp3) is 0.375. The van der Waals surface area contributed by atoms with Crippen molar-refractivity contribution in [1.82, 2.24) is 5.32 Å². The lowest BCUT2D eigenvalue weighted by Gasteiger charge is -2.03. The van der Waals surface area contributed by atoms with Crippen LogP contribution in [-0.2, 0) is 0 Å². The van der Waals surface area contributed by atoms with Crippen molar-refractivity contribution in [2.24, 2.45) is 0 Å². The van der Waals surface area contributed by atoms with Gasteiger partial charge in [-0.05, 0) is 12.5 Å². The highest BCUT2D eigenvalue weighted by Gasteiger charge is 2.01. The Morgan fingerprint density at radius 2 is 2.46 bits per heavy atom. The van der Waals surface area contributed by atoms with E-state index in [-0.39, 0.29) is 6.03 Å². The molecule has 1 aromatic rings. The molecule has 0 saturated heterocycles. The molecule has 0 aromatic carbocycles. The predicted octanol–water partition coefficient (Wildman–Crippen LogP) is 2.93. The van der Waals surface area contributed by atoms with Gasteiger partial charge >= 0.3 is 6.03 Å². The molecule has 1 aromatic heterocycles. The summed E-state index contributed by atoms with van der Waals surface area (Å²) < 4.78 is 0.672. The molecule has 13 heavy (non-hydrogen) atoms. The van der Waals surface area contributed by atoms with Gasteiger partial charge in [-0.25, -0.2) is 4.79 Å². The molecule has 0 radical (unpaired) electrons. The van der Waals surface area contributed by atoms with E-state index >= 15 is 0 Å². The maximum absolute atomic E-state index is 11.1. The quantitative estimate of drug-likeness (QED) is 0.805. The van der Waals surface area contributed by atoms with E-state index in [0.29, 0.717) is 10.9 Å². The number of hydrogen-bond donors (Lipinski definition) is 2. The van der Waals surface area contributed by atoms with Gasteiger partial charge in [-0.15, -0.1) is 11.3 Å². The summed E-state index contributed by atoms with van der Waals surface area (Å²) in [6.07, 6.45) is 0.928. The maximum atomic E-state index is 11.1. The lowest BCUT2D eigenvalue weighted by Crippen LogP contribution is -2.28. The van der Waals surface area contributed by atoms with Crippen molar-refractivity contribution in [1.29, 1.82) is 0 Å². The number of hydrogen-bond acceptors (Lipinski definition) is 2. The summed E-state index contributed by atoms with van der Waals surface area (Å²) in [5.41, 5.74) is 0.739. The number of anilines is 1. The van der Waals surface area contributed by atoms with Gasteiger partial charge in [-0.2, -0.15) is 0 Å². The second kappa shape index (κ2) is 5.09. The Kier molecular flexibility index (Phi) is 4.05. The van der Waals surface area contributed by atoms with Crippen LogP contribution in [0.5, 0.6) is 0 Å². The lowest BCUT2D eigenvalue weighted by atomic mass is 10.5. The smallest absolute Gasteiger partial charge is 0.319 e. The molecule has 0 aliphatic carbocycles. The average Bonchev–Trinajstić information content (AvgIpc) is 2.48. The molecule has 0 saturated carbocycles. The summed E-state index contributed by atoms with van der Waals surface area (Å²) in [7, 11) is 0. The molecule has 2 amide bonds. The van der Waals surface area contributed by atoms with E-state index in [1.807, 2.05) is 6.92 Å². The van der Waals surface area contributed by atoms with Crippen molar-refractivity contribution in [2.75, 3.05) is 11.9 Å². The molecule has 0 aliphatic rings. The number of thiophene rings is 1. The van der Waals surface area contributed by atoms with Crippen LogP contribution < -0.4 is 10.6 Å². The third kappa shape index (κ3) is 3.65. The predicted molar refractivity (Wildman–Crippen MR) is 56.6 cm³/mol. The summed E-state index contributed by atoms with van der Waals surface area (Å²) >= 11 is 7.09. The number of rotatable bonds is 3. The van der Waals surface area contributed by atoms with Crippen LogP contribution in [0.2, 0.25) is 4.34 Å². The van der Waals surface area contributed by atoms with Crippen LogP contribution >= 0.6 is 22.9 Å². The Labute approximate surface area is 86.1 Å². The first-order valence-electron chi connectivity index (χ1n) is 4.01. The van der Waals surface area contributed by atoms with E-state index in [9.17, 15) is 4.79 Å². The molecule has 0 bridgehead atoms. The molecule has 0 spiro atoms. The standard InChI is InChI=1S/C8H11ClN2OS/c1-2-3-10-8(12)11-6-4-7(9)13-5-6/h4-5H,2-3H2,1H3,(H2,10,11,12). The van der Waals surface area contributed by atoms with E-state index < -0.39 is 0 Å². The first kappa shape index (κ1) is 10.3. The highest BCUT2D eigenvalue weighted by atomic mass is 35.5. The topological polar surface area (TPSA) is 41.1 Å². The number of urea groups is 1. The number of nitrogens with one attached hydrogen (secondary N) is 2. The molecule has 0 aliphatic heterocycles. The fourth-order valence-corrected chi connectivity index (χ4v) is 1.60. The van der Waals surface area contributed by atoms with Gasteiger partial charge in [0.05, 0.1) is 10.0 Å². The van der Waals surface area contributed by atoms with E-state index in [1.165, 1.54) is 11.3 Å². The zero-order valence-corrected chi connectivity index (χ0v) is 8.84. The Bertz CT molecular complexity index is 287. The number of halogens is 1. The normalized spacial score (nSPS) is 9.69. The number of carbonyl (C=O) groups excluding carboxylic acids is 1. The van der Waals surface area contributed by atoms with Crippen molar-refractivity contribution in [3.05, 3.63) is 15.8 Å². The van der Waals surface area contributed by atoms with Crippen molar-refractivity contribution in [2.45, 2.75) is 13.3 Å². The monoisotopic (exact) mass is 218 g/mol. The van der Waals surface area contributed by atoms with E-state index in [0.717, 1.165) is 12.1 Å². The van der Waals surface area contributed by atoms with Crippen LogP contribution in [-0.4, -0.2) is 12.6 Å². The molecule has 1 rings (SSSR count). The molecule has 2 N–H and O–H groups in total. The van der Waals surface area contributed by atoms with Gasteiger partial charge in [0.15, 0.2) is 0 Å². The van der Waals surface area contributed by atoms with Gasteiger partial charge in [0.1, 0.15) is 0 Å².